The Balaban J connectivity index is 0.000000134. The van der Waals surface area contributed by atoms with Gasteiger partial charge in [-0.1, -0.05) is 431 Å². The molecule has 10 heteroatoms. The number of nitrogens with zero attached hydrogens (tertiary/aromatic N) is 2. The van der Waals surface area contributed by atoms with E-state index >= 15 is 0 Å². The summed E-state index contributed by atoms with van der Waals surface area (Å²) in [7, 11) is -1.78. The number of halogens is 1. The van der Waals surface area contributed by atoms with Gasteiger partial charge in [-0.25, -0.2) is 9.37 Å². The van der Waals surface area contributed by atoms with Crippen molar-refractivity contribution < 1.29 is 29.6 Å². The second-order valence-corrected chi connectivity index (χ2v) is 32.9. The molecular weight excluding hydrogens is 1460 g/mol. The third-order valence-electron chi connectivity index (χ3n) is 16.7. The van der Waals surface area contributed by atoms with E-state index in [0.717, 1.165) is 11.1 Å². The van der Waals surface area contributed by atoms with Crippen LogP contribution in [0.15, 0.2) is 460 Å². The quantitative estimate of drug-likeness (QED) is 0.0635. The topological polar surface area (TPSA) is 44.1 Å². The maximum atomic E-state index is 14.6. The van der Waals surface area contributed by atoms with E-state index in [0.29, 0.717) is 17.7 Å². The van der Waals surface area contributed by atoms with E-state index in [-0.39, 0.29) is 38.3 Å². The van der Waals surface area contributed by atoms with Crippen molar-refractivity contribution in [2.45, 2.75) is 13.2 Å². The number of benzene rings is 15. The molecule has 0 N–H and O–H groups in total. The molecule has 0 aliphatic rings. The van der Waals surface area contributed by atoms with Gasteiger partial charge in [0, 0.05) is 26.6 Å². The van der Waals surface area contributed by atoms with E-state index in [2.05, 4.69) is 369 Å². The van der Waals surface area contributed by atoms with Crippen LogP contribution in [0.4, 0.5) is 4.39 Å². The van der Waals surface area contributed by atoms with Gasteiger partial charge in [-0.3, -0.25) is 9.36 Å². The minimum atomic E-state index is -0.517. The van der Waals surface area contributed by atoms with Gasteiger partial charge in [0.2, 0.25) is 0 Å². The van der Waals surface area contributed by atoms with E-state index in [1.54, 1.807) is 12.1 Å². The van der Waals surface area contributed by atoms with Crippen LogP contribution in [-0.4, -0.2) is 9.55 Å². The molecule has 522 valence electrons. The molecule has 0 bridgehead atoms. The number of aromatic nitrogens is 2. The molecule has 0 unspecified atom stereocenters. The first-order chi connectivity index (χ1) is 52.0. The molecule has 1 aromatic heterocycles. The van der Waals surface area contributed by atoms with Crippen molar-refractivity contribution in [3.63, 3.8) is 0 Å². The molecule has 15 aromatic carbocycles. The van der Waals surface area contributed by atoms with Crippen molar-refractivity contribution in [3.8, 4) is 16.9 Å². The average Bonchev–Trinajstić information content (AvgIpc) is 0.803. The van der Waals surface area contributed by atoms with Crippen LogP contribution in [0.3, 0.4) is 0 Å². The third kappa shape index (κ3) is 22.2. The van der Waals surface area contributed by atoms with Crippen LogP contribution in [0.5, 0.6) is 5.75 Å². The van der Waals surface area contributed by atoms with Gasteiger partial charge in [0.25, 0.3) is 5.56 Å². The Morgan fingerprint density at radius 3 is 0.726 bits per heavy atom. The van der Waals surface area contributed by atoms with Crippen molar-refractivity contribution in [1.29, 1.82) is 0 Å². The van der Waals surface area contributed by atoms with E-state index in [1.165, 1.54) is 86.8 Å². The molecule has 0 atom stereocenters. The van der Waals surface area contributed by atoms with Crippen molar-refractivity contribution >= 4 is 95.3 Å². The molecule has 106 heavy (non-hydrogen) atoms. The van der Waals surface area contributed by atoms with Crippen molar-refractivity contribution in [2.24, 2.45) is 0 Å². The predicted octanol–water partition coefficient (Wildman–Crippen LogP) is 18.5. The summed E-state index contributed by atoms with van der Waals surface area (Å²) >= 11 is 0. The third-order valence-corrected chi connectivity index (χ3v) is 26.5. The summed E-state index contributed by atoms with van der Waals surface area (Å²) in [5.74, 6) is -0.373. The average molecular weight is 1540 g/mol. The fraction of sp³-hybridized carbons (Fsp3) is 0.0208. The Labute approximate surface area is 642 Å². The Morgan fingerprint density at radius 2 is 0.500 bits per heavy atom. The molecule has 4 nitrogen and oxygen atoms in total. The van der Waals surface area contributed by atoms with Gasteiger partial charge in [-0.15, -0.1) is 0 Å². The number of ether oxygens (including phenoxy) is 1. The van der Waals surface area contributed by atoms with E-state index in [9.17, 15) is 9.18 Å². The summed E-state index contributed by atoms with van der Waals surface area (Å²) < 4.78 is 21.7. The van der Waals surface area contributed by atoms with Gasteiger partial charge < -0.3 is 4.74 Å². The van der Waals surface area contributed by atoms with Crippen LogP contribution in [0.1, 0.15) is 11.1 Å². The van der Waals surface area contributed by atoms with Crippen molar-refractivity contribution in [1.82, 2.24) is 9.55 Å². The largest absolute Gasteiger partial charge is 0.486 e. The zero-order valence-electron chi connectivity index (χ0n) is 58.4. The zero-order valence-corrected chi connectivity index (χ0v) is 63.5. The van der Waals surface area contributed by atoms with Crippen LogP contribution in [0.2, 0.25) is 0 Å². The summed E-state index contributed by atoms with van der Waals surface area (Å²) in [6.45, 7) is 0.676. The van der Waals surface area contributed by atoms with Crippen LogP contribution < -0.4 is 74.0 Å². The fourth-order valence-electron chi connectivity index (χ4n) is 11.8. The predicted molar refractivity (Wildman–Crippen MR) is 451 cm³/mol. The summed E-state index contributed by atoms with van der Waals surface area (Å²) in [4.78, 5) is 17.0. The first-order valence-corrected chi connectivity index (χ1v) is 40.2. The maximum absolute atomic E-state index is 14.6. The Hall–Kier alpha value is -10.7. The van der Waals surface area contributed by atoms with Crippen LogP contribution in [0, 0.1) is 5.82 Å². The van der Waals surface area contributed by atoms with Crippen LogP contribution >= 0.6 is 31.7 Å². The molecule has 0 aliphatic carbocycles. The molecule has 0 saturated carbocycles. The summed E-state index contributed by atoms with van der Waals surface area (Å²) in [6.07, 6.45) is 2.95. The standard InChI is InChI=1S/C24H19FN2O2.4C18H15P.Pd/c25-22-13-20(11-12-23(22)29-16-19-9-5-2-6-10-19)21-14-26-17-27(24(21)28)15-18-7-3-1-4-8-18;4*1-4-10-16(11-5-1)19(17-12-6-2-7-13-17)18-14-8-3-9-15-18;/h1-14,17H,15-16H2;4*1-15H;. The van der Waals surface area contributed by atoms with E-state index in [4.69, 9.17) is 4.74 Å². The Morgan fingerprint density at radius 1 is 0.283 bits per heavy atom. The molecule has 0 amide bonds. The maximum Gasteiger partial charge on any atom is 0.261 e. The second-order valence-electron chi connectivity index (χ2n) is 24.0. The van der Waals surface area contributed by atoms with E-state index in [1.807, 2.05) is 60.7 Å². The monoisotopic (exact) mass is 1540 g/mol. The second kappa shape index (κ2) is 41.7. The van der Waals surface area contributed by atoms with Gasteiger partial charge in [0.15, 0.2) is 11.6 Å². The SMILES string of the molecule is O=c1c(-c2ccc(OCc3ccccc3)c(F)c2)cncn1Cc1ccccc1.[Pd].c1ccc(P(c2ccccc2)c2ccccc2)cc1.c1ccc(P(c2ccccc2)c2ccccc2)cc1.c1ccc(P(c2ccccc2)c2ccccc2)cc1.c1ccc(P(c2ccccc2)c2ccccc2)cc1. The molecule has 0 aliphatic heterocycles. The van der Waals surface area contributed by atoms with Gasteiger partial charge in [0.05, 0.1) is 18.4 Å². The molecule has 0 saturated heterocycles. The van der Waals surface area contributed by atoms with Crippen molar-refractivity contribution in [2.75, 3.05) is 0 Å². The minimum absolute atomic E-state index is 0. The minimum Gasteiger partial charge on any atom is -0.486 e. The van der Waals surface area contributed by atoms with Crippen LogP contribution in [-0.2, 0) is 33.6 Å². The molecule has 0 spiro atoms. The Bertz CT molecular complexity index is 4320. The summed E-state index contributed by atoms with van der Waals surface area (Å²) in [5.41, 5.74) is 2.53. The fourth-order valence-corrected chi connectivity index (χ4v) is 21.0. The zero-order chi connectivity index (χ0) is 71.7. The van der Waals surface area contributed by atoms with Gasteiger partial charge in [-0.2, -0.15) is 0 Å². The first-order valence-electron chi connectivity index (χ1n) is 34.9. The van der Waals surface area contributed by atoms with Gasteiger partial charge >= 0.3 is 0 Å². The summed E-state index contributed by atoms with van der Waals surface area (Å²) in [5, 5.41) is 16.8. The van der Waals surface area contributed by atoms with Gasteiger partial charge in [0.1, 0.15) is 6.61 Å². The van der Waals surface area contributed by atoms with Gasteiger partial charge in [-0.05, 0) is 124 Å². The smallest absolute Gasteiger partial charge is 0.261 e. The first kappa shape index (κ1) is 76.4. The molecule has 16 aromatic rings. The number of hydrogen-bond donors (Lipinski definition) is 0. The van der Waals surface area contributed by atoms with Crippen LogP contribution in [0.25, 0.3) is 11.1 Å². The number of hydrogen-bond acceptors (Lipinski definition) is 3. The summed E-state index contributed by atoms with van der Waals surface area (Å²) in [6, 6.07) is 153. The molecule has 16 rings (SSSR count). The van der Waals surface area contributed by atoms with Crippen molar-refractivity contribution in [3.05, 3.63) is 483 Å². The molecule has 0 radical (unpaired) electrons. The Kier molecular flexibility index (Phi) is 30.1. The molecule has 1 heterocycles. The molecule has 0 fully saturated rings. The molecular formula is C96H79FN2O2P4Pd. The number of rotatable bonds is 18. The normalized spacial score (nSPS) is 10.5. The van der Waals surface area contributed by atoms with E-state index < -0.39 is 37.5 Å².